The first-order valence-corrected chi connectivity index (χ1v) is 8.95. The standard InChI is InChI=1S/C21H21F2NO4/c1-2-24(13-17-14-26-18-5-3-4-6-19(18)27-17)20(25)12-9-15-7-10-16(11-8-15)28-21(22)23/h3-12,17,21H,2,13-14H2,1H3/b12-9+/t17-/m1/s1. The third-order valence-corrected chi connectivity index (χ3v) is 4.21. The molecule has 1 atom stereocenters. The first kappa shape index (κ1) is 19.7. The number of hydrogen-bond donors (Lipinski definition) is 0. The fourth-order valence-corrected chi connectivity index (χ4v) is 2.81. The third kappa shape index (κ3) is 5.22. The number of nitrogens with zero attached hydrogens (tertiary/aromatic N) is 1. The number of amides is 1. The molecule has 2 aromatic carbocycles. The molecule has 0 spiro atoms. The molecule has 3 rings (SSSR count). The summed E-state index contributed by atoms with van der Waals surface area (Å²) in [6.07, 6.45) is 2.83. The van der Waals surface area contributed by atoms with E-state index in [4.69, 9.17) is 9.47 Å². The maximum Gasteiger partial charge on any atom is 0.387 e. The molecule has 0 radical (unpaired) electrons. The number of benzene rings is 2. The minimum Gasteiger partial charge on any atom is -0.486 e. The summed E-state index contributed by atoms with van der Waals surface area (Å²) in [4.78, 5) is 14.2. The van der Waals surface area contributed by atoms with Crippen molar-refractivity contribution < 1.29 is 27.8 Å². The zero-order valence-corrected chi connectivity index (χ0v) is 15.4. The highest BCUT2D eigenvalue weighted by Gasteiger charge is 2.24. The second kappa shape index (κ2) is 9.21. The molecule has 1 aliphatic heterocycles. The maximum atomic E-state index is 12.5. The summed E-state index contributed by atoms with van der Waals surface area (Å²) < 4.78 is 40.2. The largest absolute Gasteiger partial charge is 0.486 e. The topological polar surface area (TPSA) is 48.0 Å². The Morgan fingerprint density at radius 1 is 1.21 bits per heavy atom. The van der Waals surface area contributed by atoms with Gasteiger partial charge in [0.05, 0.1) is 6.54 Å². The van der Waals surface area contributed by atoms with Crippen LogP contribution in [0.25, 0.3) is 6.08 Å². The van der Waals surface area contributed by atoms with Crippen molar-refractivity contribution in [3.8, 4) is 17.2 Å². The van der Waals surface area contributed by atoms with Gasteiger partial charge in [-0.05, 0) is 42.8 Å². The average molecular weight is 389 g/mol. The molecule has 0 bridgehead atoms. The van der Waals surface area contributed by atoms with Crippen LogP contribution in [0, 0.1) is 0 Å². The number of halogens is 2. The summed E-state index contributed by atoms with van der Waals surface area (Å²) in [7, 11) is 0. The molecule has 0 unspecified atom stereocenters. The molecule has 5 nitrogen and oxygen atoms in total. The first-order chi connectivity index (χ1) is 13.5. The predicted molar refractivity (Wildman–Crippen MR) is 101 cm³/mol. The van der Waals surface area contributed by atoms with Crippen molar-refractivity contribution in [1.82, 2.24) is 4.90 Å². The Morgan fingerprint density at radius 3 is 2.61 bits per heavy atom. The minimum absolute atomic E-state index is 0.0726. The second-order valence-electron chi connectivity index (χ2n) is 6.16. The Kier molecular flexibility index (Phi) is 6.47. The van der Waals surface area contributed by atoms with Crippen molar-refractivity contribution in [2.45, 2.75) is 19.6 Å². The highest BCUT2D eigenvalue weighted by Crippen LogP contribution is 2.31. The number of hydrogen-bond acceptors (Lipinski definition) is 4. The van der Waals surface area contributed by atoms with E-state index in [-0.39, 0.29) is 17.8 Å². The summed E-state index contributed by atoms with van der Waals surface area (Å²) in [6, 6.07) is 13.5. The Balaban J connectivity index is 1.57. The Labute approximate surface area is 162 Å². The van der Waals surface area contributed by atoms with Crippen molar-refractivity contribution in [2.24, 2.45) is 0 Å². The van der Waals surface area contributed by atoms with Crippen molar-refractivity contribution in [3.05, 3.63) is 60.2 Å². The van der Waals surface area contributed by atoms with E-state index in [0.717, 1.165) is 0 Å². The zero-order valence-electron chi connectivity index (χ0n) is 15.4. The number of carbonyl (C=O) groups is 1. The van der Waals surface area contributed by atoms with Gasteiger partial charge < -0.3 is 19.1 Å². The molecular formula is C21H21F2NO4. The van der Waals surface area contributed by atoms with Gasteiger partial charge in [-0.1, -0.05) is 24.3 Å². The fourth-order valence-electron chi connectivity index (χ4n) is 2.81. The number of rotatable bonds is 7. The van der Waals surface area contributed by atoms with Gasteiger partial charge in [0.1, 0.15) is 12.4 Å². The molecule has 0 aromatic heterocycles. The van der Waals surface area contributed by atoms with E-state index >= 15 is 0 Å². The van der Waals surface area contributed by atoms with Crippen molar-refractivity contribution in [3.63, 3.8) is 0 Å². The van der Waals surface area contributed by atoms with Crippen LogP contribution in [0.1, 0.15) is 12.5 Å². The van der Waals surface area contributed by atoms with Gasteiger partial charge in [-0.2, -0.15) is 8.78 Å². The van der Waals surface area contributed by atoms with Gasteiger partial charge in [0.15, 0.2) is 17.6 Å². The molecule has 28 heavy (non-hydrogen) atoms. The summed E-state index contributed by atoms with van der Waals surface area (Å²) in [5, 5.41) is 0. The lowest BCUT2D eigenvalue weighted by atomic mass is 10.2. The molecule has 1 amide bonds. The molecular weight excluding hydrogens is 368 g/mol. The summed E-state index contributed by atoms with van der Waals surface area (Å²) in [5.41, 5.74) is 0.706. The van der Waals surface area contributed by atoms with Crippen LogP contribution in [0.3, 0.4) is 0 Å². The van der Waals surface area contributed by atoms with Crippen LogP contribution < -0.4 is 14.2 Å². The van der Waals surface area contributed by atoms with Gasteiger partial charge in [-0.15, -0.1) is 0 Å². The lowest BCUT2D eigenvalue weighted by Crippen LogP contribution is -2.43. The zero-order chi connectivity index (χ0) is 19.9. The van der Waals surface area contributed by atoms with Crippen molar-refractivity contribution >= 4 is 12.0 Å². The van der Waals surface area contributed by atoms with E-state index in [9.17, 15) is 13.6 Å². The minimum atomic E-state index is -2.86. The van der Waals surface area contributed by atoms with E-state index < -0.39 is 6.61 Å². The number of carbonyl (C=O) groups excluding carboxylic acids is 1. The first-order valence-electron chi connectivity index (χ1n) is 8.95. The average Bonchev–Trinajstić information content (AvgIpc) is 2.70. The molecule has 7 heteroatoms. The monoisotopic (exact) mass is 389 g/mol. The maximum absolute atomic E-state index is 12.5. The van der Waals surface area contributed by atoms with E-state index in [1.807, 2.05) is 31.2 Å². The fraction of sp³-hybridized carbons (Fsp3) is 0.286. The Morgan fingerprint density at radius 2 is 1.93 bits per heavy atom. The SMILES string of the molecule is CCN(C[C@@H]1COc2ccccc2O1)C(=O)/C=C/c1ccc(OC(F)F)cc1. The van der Waals surface area contributed by atoms with Crippen LogP contribution in [0.5, 0.6) is 17.2 Å². The molecule has 0 aliphatic carbocycles. The molecule has 1 heterocycles. The number of likely N-dealkylation sites (N-methyl/N-ethyl adjacent to an activating group) is 1. The summed E-state index contributed by atoms with van der Waals surface area (Å²) in [6.45, 7) is 0.316. The molecule has 0 saturated carbocycles. The third-order valence-electron chi connectivity index (χ3n) is 4.21. The molecule has 148 valence electrons. The summed E-state index contributed by atoms with van der Waals surface area (Å²) >= 11 is 0. The van der Waals surface area contributed by atoms with Crippen LogP contribution >= 0.6 is 0 Å². The lowest BCUT2D eigenvalue weighted by molar-refractivity contribution is -0.127. The molecule has 1 aliphatic rings. The van der Waals surface area contributed by atoms with Gasteiger partial charge in [-0.3, -0.25) is 4.79 Å². The smallest absolute Gasteiger partial charge is 0.387 e. The second-order valence-corrected chi connectivity index (χ2v) is 6.16. The van der Waals surface area contributed by atoms with Crippen LogP contribution in [0.2, 0.25) is 0 Å². The van der Waals surface area contributed by atoms with E-state index in [0.29, 0.717) is 36.8 Å². The lowest BCUT2D eigenvalue weighted by Gasteiger charge is -2.30. The van der Waals surface area contributed by atoms with Crippen molar-refractivity contribution in [1.29, 1.82) is 0 Å². The normalized spacial score (nSPS) is 15.6. The number of para-hydroxylation sites is 2. The molecule has 0 N–H and O–H groups in total. The van der Waals surface area contributed by atoms with Gasteiger partial charge in [0.25, 0.3) is 0 Å². The Bertz CT molecular complexity index is 823. The quantitative estimate of drug-likeness (QED) is 0.672. The predicted octanol–water partition coefficient (Wildman–Crippen LogP) is 3.99. The molecule has 0 saturated heterocycles. The number of ether oxygens (including phenoxy) is 3. The van der Waals surface area contributed by atoms with E-state index in [1.54, 1.807) is 23.1 Å². The van der Waals surface area contributed by atoms with Crippen LogP contribution in [0.15, 0.2) is 54.6 Å². The van der Waals surface area contributed by atoms with Gasteiger partial charge in [0, 0.05) is 12.6 Å². The van der Waals surface area contributed by atoms with E-state index in [1.165, 1.54) is 18.2 Å². The van der Waals surface area contributed by atoms with Crippen LogP contribution in [-0.2, 0) is 4.79 Å². The van der Waals surface area contributed by atoms with Crippen molar-refractivity contribution in [2.75, 3.05) is 19.7 Å². The number of fused-ring (bicyclic) bond motifs is 1. The van der Waals surface area contributed by atoms with Gasteiger partial charge in [-0.25, -0.2) is 0 Å². The highest BCUT2D eigenvalue weighted by atomic mass is 19.3. The molecule has 0 fully saturated rings. The Hall–Kier alpha value is -3.09. The highest BCUT2D eigenvalue weighted by molar-refractivity contribution is 5.91. The number of alkyl halides is 2. The summed E-state index contributed by atoms with van der Waals surface area (Å²) in [5.74, 6) is 1.28. The van der Waals surface area contributed by atoms with Gasteiger partial charge in [0.2, 0.25) is 5.91 Å². The van der Waals surface area contributed by atoms with Gasteiger partial charge >= 0.3 is 6.61 Å². The molecule has 2 aromatic rings. The van der Waals surface area contributed by atoms with Crippen LogP contribution in [0.4, 0.5) is 8.78 Å². The van der Waals surface area contributed by atoms with E-state index in [2.05, 4.69) is 4.74 Å². The van der Waals surface area contributed by atoms with Crippen LogP contribution in [-0.4, -0.2) is 43.2 Å².